The van der Waals surface area contributed by atoms with Crippen molar-refractivity contribution < 1.29 is 19.1 Å². The van der Waals surface area contributed by atoms with Crippen LogP contribution in [-0.4, -0.2) is 36.2 Å². The Hall–Kier alpha value is -1.78. The van der Waals surface area contributed by atoms with Gasteiger partial charge in [0.25, 0.3) is 12.2 Å². The molecule has 0 aromatic rings. The summed E-state index contributed by atoms with van der Waals surface area (Å²) < 4.78 is 10.4. The minimum absolute atomic E-state index is 0.0275. The number of fused-ring (bicyclic) bond motifs is 1. The lowest BCUT2D eigenvalue weighted by Gasteiger charge is -2.16. The van der Waals surface area contributed by atoms with Gasteiger partial charge in [-0.3, -0.25) is 4.79 Å². The molecule has 0 aromatic heterocycles. The van der Waals surface area contributed by atoms with Crippen LogP contribution in [0, 0.1) is 5.92 Å². The maximum absolute atomic E-state index is 12.1. The minimum Gasteiger partial charge on any atom is -0.458 e. The smallest absolute Gasteiger partial charge is 0.336 e. The molecular weight excluding hydrogens is 246 g/mol. The van der Waals surface area contributed by atoms with Crippen molar-refractivity contribution in [2.45, 2.75) is 38.5 Å². The van der Waals surface area contributed by atoms with Crippen molar-refractivity contribution in [3.05, 3.63) is 23.5 Å². The molecule has 102 valence electrons. The summed E-state index contributed by atoms with van der Waals surface area (Å²) in [6, 6.07) is 0.311. The average Bonchev–Trinajstić information content (AvgIpc) is 3.01. The van der Waals surface area contributed by atoms with Gasteiger partial charge >= 0.3 is 5.97 Å². The van der Waals surface area contributed by atoms with Crippen molar-refractivity contribution in [1.29, 1.82) is 0 Å². The molecule has 0 spiro atoms. The molecule has 0 aromatic carbocycles. The highest BCUT2D eigenvalue weighted by Crippen LogP contribution is 2.41. The number of likely N-dealkylation sites (tertiary alicyclic amines) is 1. The van der Waals surface area contributed by atoms with Crippen LogP contribution in [0.4, 0.5) is 0 Å². The molecule has 0 radical (unpaired) electrons. The first kappa shape index (κ1) is 12.3. The van der Waals surface area contributed by atoms with E-state index in [1.54, 1.807) is 17.9 Å². The fourth-order valence-electron chi connectivity index (χ4n) is 3.13. The molecule has 3 rings (SSSR count). The van der Waals surface area contributed by atoms with Crippen LogP contribution >= 0.6 is 0 Å². The number of nitrogens with zero attached hydrogens (tertiary/aromatic N) is 1. The van der Waals surface area contributed by atoms with Gasteiger partial charge in [-0.1, -0.05) is 6.42 Å². The zero-order valence-electron chi connectivity index (χ0n) is 11.1. The summed E-state index contributed by atoms with van der Waals surface area (Å²) in [5, 5.41) is 0. The van der Waals surface area contributed by atoms with Crippen LogP contribution in [-0.2, 0) is 19.1 Å². The second kappa shape index (κ2) is 4.40. The molecule has 1 saturated heterocycles. The van der Waals surface area contributed by atoms with E-state index in [0.717, 1.165) is 19.3 Å². The Morgan fingerprint density at radius 3 is 2.89 bits per heavy atom. The molecule has 3 atom stereocenters. The predicted molar refractivity (Wildman–Crippen MR) is 66.7 cm³/mol. The molecular formula is C14H17NO4. The summed E-state index contributed by atoms with van der Waals surface area (Å²) in [6.45, 7) is 1.68. The zero-order valence-corrected chi connectivity index (χ0v) is 11.1. The monoisotopic (exact) mass is 263 g/mol. The molecule has 1 unspecified atom stereocenters. The van der Waals surface area contributed by atoms with Crippen LogP contribution in [0.2, 0.25) is 0 Å². The van der Waals surface area contributed by atoms with E-state index in [1.807, 2.05) is 7.05 Å². The molecule has 2 fully saturated rings. The molecule has 2 aliphatic heterocycles. The maximum Gasteiger partial charge on any atom is 0.336 e. The number of carbonyl (C=O) groups is 2. The summed E-state index contributed by atoms with van der Waals surface area (Å²) in [6.07, 6.45) is 5.63. The van der Waals surface area contributed by atoms with Crippen LogP contribution in [0.1, 0.15) is 26.2 Å². The fraction of sp³-hybridized carbons (Fsp3) is 0.571. The van der Waals surface area contributed by atoms with Gasteiger partial charge < -0.3 is 14.4 Å². The topological polar surface area (TPSA) is 55.8 Å². The molecule has 1 saturated carbocycles. The molecule has 3 aliphatic rings. The summed E-state index contributed by atoms with van der Waals surface area (Å²) in [7, 11) is 1.84. The summed E-state index contributed by atoms with van der Waals surface area (Å²) in [4.78, 5) is 25.1. The number of ether oxygens (including phenoxy) is 2. The van der Waals surface area contributed by atoms with Crippen LogP contribution in [0.3, 0.4) is 0 Å². The minimum atomic E-state index is -0.696. The second-order valence-corrected chi connectivity index (χ2v) is 5.35. The average molecular weight is 263 g/mol. The third-order valence-electron chi connectivity index (χ3n) is 4.20. The Labute approximate surface area is 111 Å². The Bertz CT molecular complexity index is 494. The number of likely N-dealkylation sites (N-methyl/N-ethyl adjacent to an activating group) is 1. The van der Waals surface area contributed by atoms with E-state index in [4.69, 9.17) is 9.47 Å². The highest BCUT2D eigenvalue weighted by molar-refractivity contribution is 5.96. The first-order valence-electron chi connectivity index (χ1n) is 6.60. The quantitative estimate of drug-likeness (QED) is 0.429. The Morgan fingerprint density at radius 1 is 1.42 bits per heavy atom. The van der Waals surface area contributed by atoms with Gasteiger partial charge in [0.05, 0.1) is 11.8 Å². The van der Waals surface area contributed by atoms with Crippen LogP contribution in [0.15, 0.2) is 23.5 Å². The molecule has 1 amide bonds. The summed E-state index contributed by atoms with van der Waals surface area (Å²) >= 11 is 0. The second-order valence-electron chi connectivity index (χ2n) is 5.35. The van der Waals surface area contributed by atoms with E-state index in [2.05, 4.69) is 0 Å². The fourth-order valence-corrected chi connectivity index (χ4v) is 3.13. The van der Waals surface area contributed by atoms with E-state index in [0.29, 0.717) is 17.2 Å². The third kappa shape index (κ3) is 1.93. The van der Waals surface area contributed by atoms with Crippen molar-refractivity contribution in [3.8, 4) is 0 Å². The van der Waals surface area contributed by atoms with Gasteiger partial charge in [-0.05, 0) is 19.8 Å². The Kier molecular flexibility index (Phi) is 2.84. The molecule has 0 N–H and O–H groups in total. The van der Waals surface area contributed by atoms with E-state index in [1.165, 1.54) is 6.26 Å². The lowest BCUT2D eigenvalue weighted by Crippen LogP contribution is -2.28. The van der Waals surface area contributed by atoms with Gasteiger partial charge in [0.2, 0.25) is 0 Å². The molecule has 2 heterocycles. The van der Waals surface area contributed by atoms with Gasteiger partial charge in [0.1, 0.15) is 0 Å². The van der Waals surface area contributed by atoms with Crippen molar-refractivity contribution in [2.24, 2.45) is 5.92 Å². The number of cyclic esters (lactones) is 1. The van der Waals surface area contributed by atoms with Gasteiger partial charge in [0.15, 0.2) is 0 Å². The summed E-state index contributed by atoms with van der Waals surface area (Å²) in [5.41, 5.74) is 1.25. The molecule has 5 nitrogen and oxygen atoms in total. The lowest BCUT2D eigenvalue weighted by atomic mass is 10.00. The standard InChI is InChI=1S/C14H17NO4/c1-8-6-12(19-14(8)17)18-7-10-9-4-3-5-11(9)15(2)13(10)16/h6-7,9,11-12H,3-5H2,1-2H3/b10-7+/t9-,11-,12?/m1/s1. The first-order chi connectivity index (χ1) is 9.08. The van der Waals surface area contributed by atoms with E-state index >= 15 is 0 Å². The van der Waals surface area contributed by atoms with Crippen molar-refractivity contribution in [1.82, 2.24) is 4.90 Å². The molecule has 1 aliphatic carbocycles. The number of amides is 1. The molecule has 0 bridgehead atoms. The van der Waals surface area contributed by atoms with Gasteiger partial charge in [-0.15, -0.1) is 0 Å². The third-order valence-corrected chi connectivity index (χ3v) is 4.20. The van der Waals surface area contributed by atoms with Crippen molar-refractivity contribution >= 4 is 11.9 Å². The lowest BCUT2D eigenvalue weighted by molar-refractivity contribution is -0.152. The van der Waals surface area contributed by atoms with E-state index < -0.39 is 6.29 Å². The largest absolute Gasteiger partial charge is 0.458 e. The Morgan fingerprint density at radius 2 is 2.21 bits per heavy atom. The van der Waals surface area contributed by atoms with Crippen LogP contribution < -0.4 is 0 Å². The zero-order chi connectivity index (χ0) is 13.6. The predicted octanol–water partition coefficient (Wildman–Crippen LogP) is 1.36. The number of esters is 1. The normalized spacial score (nSPS) is 35.7. The van der Waals surface area contributed by atoms with Gasteiger partial charge in [-0.25, -0.2) is 4.79 Å². The SMILES string of the molecule is CC1=CC(O/C=C2/C(=O)N(C)[C@@H]3CCC[C@H]23)OC1=O. The van der Waals surface area contributed by atoms with E-state index in [9.17, 15) is 9.59 Å². The van der Waals surface area contributed by atoms with Crippen molar-refractivity contribution in [3.63, 3.8) is 0 Å². The molecule has 19 heavy (non-hydrogen) atoms. The van der Waals surface area contributed by atoms with Gasteiger partial charge in [0, 0.05) is 30.7 Å². The first-order valence-corrected chi connectivity index (χ1v) is 6.60. The number of hydrogen-bond donors (Lipinski definition) is 0. The van der Waals surface area contributed by atoms with Crippen molar-refractivity contribution in [2.75, 3.05) is 7.05 Å². The van der Waals surface area contributed by atoms with Crippen LogP contribution in [0.25, 0.3) is 0 Å². The van der Waals surface area contributed by atoms with E-state index in [-0.39, 0.29) is 17.8 Å². The number of rotatable bonds is 2. The summed E-state index contributed by atoms with van der Waals surface area (Å²) in [5.74, 6) is -0.0728. The number of hydrogen-bond acceptors (Lipinski definition) is 4. The molecule has 5 heteroatoms. The number of carbonyl (C=O) groups excluding carboxylic acids is 2. The highest BCUT2D eigenvalue weighted by atomic mass is 16.7. The maximum atomic E-state index is 12.1. The van der Waals surface area contributed by atoms with Gasteiger partial charge in [-0.2, -0.15) is 0 Å². The Balaban J connectivity index is 1.73. The highest BCUT2D eigenvalue weighted by Gasteiger charge is 2.45. The van der Waals surface area contributed by atoms with Crippen LogP contribution in [0.5, 0.6) is 0 Å².